The molecule has 2 rings (SSSR count). The van der Waals surface area contributed by atoms with Gasteiger partial charge in [-0.05, 0) is 47.8 Å². The lowest BCUT2D eigenvalue weighted by Crippen LogP contribution is -2.43. The van der Waals surface area contributed by atoms with E-state index in [1.54, 1.807) is 0 Å². The summed E-state index contributed by atoms with van der Waals surface area (Å²) in [5.74, 6) is -0.995. The van der Waals surface area contributed by atoms with Gasteiger partial charge in [0.15, 0.2) is 0 Å². The van der Waals surface area contributed by atoms with Gasteiger partial charge in [0.2, 0.25) is 0 Å². The molecule has 2 unspecified atom stereocenters. The van der Waals surface area contributed by atoms with Crippen molar-refractivity contribution in [3.05, 3.63) is 28.2 Å². The average molecular weight is 323 g/mol. The van der Waals surface area contributed by atoms with E-state index < -0.39 is 5.97 Å². The van der Waals surface area contributed by atoms with Crippen molar-refractivity contribution in [2.45, 2.75) is 25.8 Å². The number of carbonyl (C=O) groups is 1. The normalized spacial score (nSPS) is 22.9. The van der Waals surface area contributed by atoms with Gasteiger partial charge in [-0.3, -0.25) is 4.79 Å². The molecule has 0 spiro atoms. The van der Waals surface area contributed by atoms with Crippen molar-refractivity contribution >= 4 is 27.6 Å². The van der Waals surface area contributed by atoms with E-state index in [0.29, 0.717) is 24.9 Å². The highest BCUT2D eigenvalue weighted by atomic mass is 79.9. The Hall–Kier alpha value is -1.54. The summed E-state index contributed by atoms with van der Waals surface area (Å²) in [5.41, 5.74) is 1.50. The van der Waals surface area contributed by atoms with E-state index in [1.807, 2.05) is 25.1 Å². The van der Waals surface area contributed by atoms with E-state index in [2.05, 4.69) is 26.9 Å². The molecule has 0 saturated carbocycles. The van der Waals surface area contributed by atoms with Crippen LogP contribution in [0.4, 0.5) is 5.69 Å². The first kappa shape index (κ1) is 13.9. The topological polar surface area (TPSA) is 64.3 Å². The highest BCUT2D eigenvalue weighted by Crippen LogP contribution is 2.33. The Balaban J connectivity index is 2.27. The number of anilines is 1. The molecule has 0 aromatic heterocycles. The molecule has 1 heterocycles. The molecule has 0 radical (unpaired) electrons. The minimum Gasteiger partial charge on any atom is -0.481 e. The van der Waals surface area contributed by atoms with E-state index >= 15 is 0 Å². The van der Waals surface area contributed by atoms with Gasteiger partial charge in [0.25, 0.3) is 0 Å². The fourth-order valence-corrected chi connectivity index (χ4v) is 3.06. The van der Waals surface area contributed by atoms with Gasteiger partial charge in [0.05, 0.1) is 17.2 Å². The van der Waals surface area contributed by atoms with Gasteiger partial charge in [-0.15, -0.1) is 0 Å². The minimum absolute atomic E-state index is 0.122. The third-order valence-electron chi connectivity index (χ3n) is 3.64. The van der Waals surface area contributed by atoms with Crippen molar-refractivity contribution in [2.75, 3.05) is 11.4 Å². The smallest absolute Gasteiger partial charge is 0.306 e. The first-order valence-corrected chi connectivity index (χ1v) is 7.02. The first-order chi connectivity index (χ1) is 9.04. The van der Waals surface area contributed by atoms with Crippen LogP contribution in [0.1, 0.15) is 25.3 Å². The molecule has 1 fully saturated rings. The van der Waals surface area contributed by atoms with Crippen molar-refractivity contribution in [1.82, 2.24) is 0 Å². The maximum atomic E-state index is 11.0. The van der Waals surface area contributed by atoms with Crippen LogP contribution in [0, 0.1) is 17.2 Å². The molecule has 1 N–H and O–H groups in total. The Labute approximate surface area is 120 Å². The van der Waals surface area contributed by atoms with Gasteiger partial charge in [-0.25, -0.2) is 0 Å². The molecule has 0 aliphatic carbocycles. The van der Waals surface area contributed by atoms with Crippen molar-refractivity contribution < 1.29 is 9.90 Å². The number of piperidine rings is 1. The number of aliphatic carboxylic acids is 1. The number of hydrogen-bond donors (Lipinski definition) is 1. The molecule has 1 aromatic rings. The molecule has 0 bridgehead atoms. The highest BCUT2D eigenvalue weighted by Gasteiger charge is 2.30. The molecule has 19 heavy (non-hydrogen) atoms. The summed E-state index contributed by atoms with van der Waals surface area (Å²) >= 11 is 3.39. The fourth-order valence-electron chi connectivity index (χ4n) is 2.62. The van der Waals surface area contributed by atoms with Crippen LogP contribution >= 0.6 is 15.9 Å². The monoisotopic (exact) mass is 322 g/mol. The van der Waals surface area contributed by atoms with Gasteiger partial charge >= 0.3 is 5.97 Å². The van der Waals surface area contributed by atoms with Gasteiger partial charge in [0, 0.05) is 17.1 Å². The molecule has 4 nitrogen and oxygen atoms in total. The molecule has 0 amide bonds. The number of carboxylic acids is 1. The van der Waals surface area contributed by atoms with Crippen molar-refractivity contribution in [2.24, 2.45) is 5.92 Å². The largest absolute Gasteiger partial charge is 0.481 e. The van der Waals surface area contributed by atoms with Crippen molar-refractivity contribution in [3.8, 4) is 6.07 Å². The van der Waals surface area contributed by atoms with Crippen LogP contribution in [0.3, 0.4) is 0 Å². The first-order valence-electron chi connectivity index (χ1n) is 6.22. The van der Waals surface area contributed by atoms with Crippen LogP contribution in [0.2, 0.25) is 0 Å². The fraction of sp³-hybridized carbons (Fsp3) is 0.429. The SMILES string of the molecule is CC1CC(C(=O)O)CCN1c1cccc(Br)c1C#N. The number of rotatable bonds is 2. The summed E-state index contributed by atoms with van der Waals surface area (Å²) in [5, 5.41) is 18.3. The number of nitrogens with zero attached hydrogens (tertiary/aromatic N) is 2. The minimum atomic E-state index is -0.721. The quantitative estimate of drug-likeness (QED) is 0.909. The Morgan fingerprint density at radius 2 is 2.32 bits per heavy atom. The summed E-state index contributed by atoms with van der Waals surface area (Å²) in [7, 11) is 0. The molecule has 1 aliphatic rings. The zero-order valence-electron chi connectivity index (χ0n) is 10.6. The number of hydrogen-bond acceptors (Lipinski definition) is 3. The zero-order chi connectivity index (χ0) is 14.0. The molecule has 1 saturated heterocycles. The summed E-state index contributed by atoms with van der Waals surface area (Å²) < 4.78 is 0.778. The lowest BCUT2D eigenvalue weighted by Gasteiger charge is -2.38. The van der Waals surface area contributed by atoms with E-state index in [0.717, 1.165) is 10.2 Å². The summed E-state index contributed by atoms with van der Waals surface area (Å²) in [6, 6.07) is 7.99. The molecule has 1 aliphatic heterocycles. The zero-order valence-corrected chi connectivity index (χ0v) is 12.2. The van der Waals surface area contributed by atoms with E-state index in [9.17, 15) is 10.1 Å². The van der Waals surface area contributed by atoms with Crippen LogP contribution in [0.15, 0.2) is 22.7 Å². The predicted octanol–water partition coefficient (Wildman–Crippen LogP) is 3.01. The highest BCUT2D eigenvalue weighted by molar-refractivity contribution is 9.10. The van der Waals surface area contributed by atoms with Gasteiger partial charge in [0.1, 0.15) is 6.07 Å². The van der Waals surface area contributed by atoms with Gasteiger partial charge in [-0.1, -0.05) is 6.07 Å². The molecular weight excluding hydrogens is 308 g/mol. The number of carboxylic acid groups (broad SMARTS) is 1. The lowest BCUT2D eigenvalue weighted by atomic mass is 9.91. The van der Waals surface area contributed by atoms with E-state index in [-0.39, 0.29) is 12.0 Å². The summed E-state index contributed by atoms with van der Waals surface area (Å²) in [6.45, 7) is 2.68. The predicted molar refractivity (Wildman–Crippen MR) is 76.0 cm³/mol. The second kappa shape index (κ2) is 5.62. The van der Waals surface area contributed by atoms with Crippen LogP contribution in [0.5, 0.6) is 0 Å². The van der Waals surface area contributed by atoms with Gasteiger partial charge < -0.3 is 10.0 Å². The maximum absolute atomic E-state index is 11.0. The average Bonchev–Trinajstić information content (AvgIpc) is 2.38. The Bertz CT molecular complexity index is 539. The summed E-state index contributed by atoms with van der Waals surface area (Å²) in [6.07, 6.45) is 1.24. The Morgan fingerprint density at radius 3 is 2.89 bits per heavy atom. The van der Waals surface area contributed by atoms with Crippen LogP contribution < -0.4 is 4.90 Å². The third-order valence-corrected chi connectivity index (χ3v) is 4.30. The van der Waals surface area contributed by atoms with Crippen LogP contribution in [-0.4, -0.2) is 23.7 Å². The molecule has 1 aromatic carbocycles. The lowest BCUT2D eigenvalue weighted by molar-refractivity contribution is -0.142. The van der Waals surface area contributed by atoms with Crippen LogP contribution in [-0.2, 0) is 4.79 Å². The number of nitriles is 1. The molecular formula is C14H15BrN2O2. The van der Waals surface area contributed by atoms with Crippen LogP contribution in [0.25, 0.3) is 0 Å². The molecule has 2 atom stereocenters. The molecule has 5 heteroatoms. The molecule has 100 valence electrons. The standard InChI is InChI=1S/C14H15BrN2O2/c1-9-7-10(14(18)19)5-6-17(9)13-4-2-3-12(15)11(13)8-16/h2-4,9-10H,5-7H2,1H3,(H,18,19). The Kier molecular flexibility index (Phi) is 4.11. The number of benzene rings is 1. The van der Waals surface area contributed by atoms with E-state index in [1.165, 1.54) is 0 Å². The Morgan fingerprint density at radius 1 is 1.58 bits per heavy atom. The van der Waals surface area contributed by atoms with E-state index in [4.69, 9.17) is 5.11 Å². The second-order valence-corrected chi connectivity index (χ2v) is 5.70. The maximum Gasteiger partial charge on any atom is 0.306 e. The number of halogens is 1. The summed E-state index contributed by atoms with van der Waals surface area (Å²) in [4.78, 5) is 13.2. The van der Waals surface area contributed by atoms with Crippen molar-refractivity contribution in [1.29, 1.82) is 5.26 Å². The third kappa shape index (κ3) is 2.74. The van der Waals surface area contributed by atoms with Gasteiger partial charge in [-0.2, -0.15) is 5.26 Å². The second-order valence-electron chi connectivity index (χ2n) is 4.85. The van der Waals surface area contributed by atoms with Crippen molar-refractivity contribution in [3.63, 3.8) is 0 Å².